The van der Waals surface area contributed by atoms with Crippen LogP contribution in [0.1, 0.15) is 10.4 Å². The molecule has 1 aromatic carbocycles. The number of aromatic nitrogens is 1. The van der Waals surface area contributed by atoms with Crippen molar-refractivity contribution in [1.82, 2.24) is 4.98 Å². The molecule has 0 atom stereocenters. The third kappa shape index (κ3) is 3.35. The van der Waals surface area contributed by atoms with Crippen LogP contribution in [-0.4, -0.2) is 25.1 Å². The Kier molecular flexibility index (Phi) is 4.49. The van der Waals surface area contributed by atoms with Gasteiger partial charge in [-0.3, -0.25) is 9.59 Å². The molecule has 0 aliphatic heterocycles. The first-order valence-corrected chi connectivity index (χ1v) is 6.34. The largest absolute Gasteiger partial charge is 0.493 e. The number of hydrogen-bond donors (Lipinski definition) is 2. The van der Waals surface area contributed by atoms with E-state index < -0.39 is 5.91 Å². The van der Waals surface area contributed by atoms with Gasteiger partial charge in [-0.2, -0.15) is 0 Å². The second kappa shape index (κ2) is 6.32. The minimum Gasteiger partial charge on any atom is -0.493 e. The first-order valence-electron chi connectivity index (χ1n) is 5.96. The molecule has 0 fully saturated rings. The summed E-state index contributed by atoms with van der Waals surface area (Å²) in [5.41, 5.74) is 0.404. The third-order valence-electron chi connectivity index (χ3n) is 2.77. The lowest BCUT2D eigenvalue weighted by molar-refractivity contribution is 0.102. The number of halogens is 1. The van der Waals surface area contributed by atoms with Crippen LogP contribution in [0.15, 0.2) is 35.3 Å². The molecule has 0 saturated carbocycles. The Morgan fingerprint density at radius 1 is 1.19 bits per heavy atom. The zero-order chi connectivity index (χ0) is 15.4. The lowest BCUT2D eigenvalue weighted by Gasteiger charge is -2.12. The van der Waals surface area contributed by atoms with Crippen LogP contribution < -0.4 is 20.3 Å². The maximum atomic E-state index is 12.1. The molecule has 2 N–H and O–H groups in total. The molecule has 1 amide bonds. The third-order valence-corrected chi connectivity index (χ3v) is 3.08. The first-order chi connectivity index (χ1) is 10.0. The SMILES string of the molecule is COc1cc(Cl)c(NC(=O)c2ccc(=O)[nH]c2)cc1OC. The Labute approximate surface area is 125 Å². The molecule has 6 nitrogen and oxygen atoms in total. The topological polar surface area (TPSA) is 80.4 Å². The van der Waals surface area contributed by atoms with Crippen molar-refractivity contribution in [1.29, 1.82) is 0 Å². The van der Waals surface area contributed by atoms with Gasteiger partial charge in [-0.1, -0.05) is 11.6 Å². The highest BCUT2D eigenvalue weighted by Crippen LogP contribution is 2.36. The van der Waals surface area contributed by atoms with Crippen molar-refractivity contribution in [2.75, 3.05) is 19.5 Å². The van der Waals surface area contributed by atoms with Crippen molar-refractivity contribution >= 4 is 23.2 Å². The number of anilines is 1. The van der Waals surface area contributed by atoms with Gasteiger partial charge in [0.1, 0.15) is 0 Å². The van der Waals surface area contributed by atoms with E-state index in [1.165, 1.54) is 32.5 Å². The minimum absolute atomic E-state index is 0.282. The molecule has 110 valence electrons. The maximum absolute atomic E-state index is 12.1. The summed E-state index contributed by atoms with van der Waals surface area (Å²) in [6.45, 7) is 0. The number of ether oxygens (including phenoxy) is 2. The fourth-order valence-corrected chi connectivity index (χ4v) is 1.90. The molecule has 0 spiro atoms. The summed E-state index contributed by atoms with van der Waals surface area (Å²) in [6, 6.07) is 5.79. The van der Waals surface area contributed by atoms with E-state index in [0.717, 1.165) is 0 Å². The molecule has 1 aromatic heterocycles. The maximum Gasteiger partial charge on any atom is 0.257 e. The number of carbonyl (C=O) groups excluding carboxylic acids is 1. The molecule has 0 radical (unpaired) electrons. The molecule has 0 saturated heterocycles. The van der Waals surface area contributed by atoms with Crippen molar-refractivity contribution < 1.29 is 14.3 Å². The van der Waals surface area contributed by atoms with E-state index in [1.807, 2.05) is 0 Å². The molecule has 21 heavy (non-hydrogen) atoms. The standard InChI is InChI=1S/C14H13ClN2O4/c1-20-11-5-9(15)10(6-12(11)21-2)17-14(19)8-3-4-13(18)16-7-8/h3-7H,1-2H3,(H,16,18)(H,17,19). The first kappa shape index (κ1) is 14.9. The van der Waals surface area contributed by atoms with Crippen LogP contribution >= 0.6 is 11.6 Å². The number of methoxy groups -OCH3 is 2. The van der Waals surface area contributed by atoms with Crippen LogP contribution in [0.4, 0.5) is 5.69 Å². The van der Waals surface area contributed by atoms with E-state index >= 15 is 0 Å². The van der Waals surface area contributed by atoms with Gasteiger partial charge in [-0.25, -0.2) is 0 Å². The van der Waals surface area contributed by atoms with Crippen molar-refractivity contribution in [3.8, 4) is 11.5 Å². The summed E-state index contributed by atoms with van der Waals surface area (Å²) in [6.07, 6.45) is 1.33. The van der Waals surface area contributed by atoms with E-state index in [2.05, 4.69) is 10.3 Å². The average molecular weight is 309 g/mol. The van der Waals surface area contributed by atoms with Gasteiger partial charge in [0, 0.05) is 24.4 Å². The summed E-state index contributed by atoms with van der Waals surface area (Å²) in [5, 5.41) is 2.95. The number of benzene rings is 1. The number of pyridine rings is 1. The monoisotopic (exact) mass is 308 g/mol. The summed E-state index contributed by atoms with van der Waals surface area (Å²) in [4.78, 5) is 25.5. The molecular weight excluding hydrogens is 296 g/mol. The fraction of sp³-hybridized carbons (Fsp3) is 0.143. The van der Waals surface area contributed by atoms with Gasteiger partial charge < -0.3 is 19.8 Å². The highest BCUT2D eigenvalue weighted by Gasteiger charge is 2.13. The van der Waals surface area contributed by atoms with E-state index in [0.29, 0.717) is 27.8 Å². The predicted molar refractivity (Wildman–Crippen MR) is 79.6 cm³/mol. The molecule has 0 aliphatic rings. The van der Waals surface area contributed by atoms with E-state index in [1.54, 1.807) is 12.1 Å². The van der Waals surface area contributed by atoms with Crippen LogP contribution in [0.2, 0.25) is 5.02 Å². The number of carbonyl (C=O) groups is 1. The van der Waals surface area contributed by atoms with E-state index in [9.17, 15) is 9.59 Å². The van der Waals surface area contributed by atoms with Crippen LogP contribution in [0.3, 0.4) is 0 Å². The number of nitrogens with one attached hydrogen (secondary N) is 2. The highest BCUT2D eigenvalue weighted by atomic mass is 35.5. The molecular formula is C14H13ClN2O4. The second-order valence-electron chi connectivity index (χ2n) is 4.08. The minimum atomic E-state index is -0.402. The molecule has 0 aliphatic carbocycles. The van der Waals surface area contributed by atoms with Crippen LogP contribution in [-0.2, 0) is 0 Å². The van der Waals surface area contributed by atoms with Crippen LogP contribution in [0.25, 0.3) is 0 Å². The summed E-state index contributed by atoms with van der Waals surface area (Å²) >= 11 is 6.09. The summed E-state index contributed by atoms with van der Waals surface area (Å²) in [7, 11) is 2.98. The molecule has 2 aromatic rings. The Morgan fingerprint density at radius 2 is 1.86 bits per heavy atom. The van der Waals surface area contributed by atoms with Crippen LogP contribution in [0.5, 0.6) is 11.5 Å². The van der Waals surface area contributed by atoms with E-state index in [-0.39, 0.29) is 5.56 Å². The highest BCUT2D eigenvalue weighted by molar-refractivity contribution is 6.34. The Balaban J connectivity index is 2.28. The van der Waals surface area contributed by atoms with Crippen molar-refractivity contribution in [2.45, 2.75) is 0 Å². The number of amides is 1. The average Bonchev–Trinajstić information content (AvgIpc) is 2.49. The number of H-pyrrole nitrogens is 1. The van der Waals surface area contributed by atoms with Gasteiger partial charge in [0.05, 0.1) is 30.5 Å². The normalized spacial score (nSPS) is 10.0. The lowest BCUT2D eigenvalue weighted by Crippen LogP contribution is -2.15. The van der Waals surface area contributed by atoms with E-state index in [4.69, 9.17) is 21.1 Å². The molecule has 0 bridgehead atoms. The fourth-order valence-electron chi connectivity index (χ4n) is 1.70. The second-order valence-corrected chi connectivity index (χ2v) is 4.49. The molecule has 7 heteroatoms. The zero-order valence-corrected chi connectivity index (χ0v) is 12.2. The Morgan fingerprint density at radius 3 is 2.43 bits per heavy atom. The van der Waals surface area contributed by atoms with Gasteiger partial charge in [0.15, 0.2) is 11.5 Å². The van der Waals surface area contributed by atoms with Gasteiger partial charge in [-0.05, 0) is 6.07 Å². The van der Waals surface area contributed by atoms with Gasteiger partial charge in [0.25, 0.3) is 5.91 Å². The Hall–Kier alpha value is -2.47. The number of rotatable bonds is 4. The van der Waals surface area contributed by atoms with Crippen LogP contribution in [0, 0.1) is 0 Å². The summed E-state index contributed by atoms with van der Waals surface area (Å²) in [5.74, 6) is 0.503. The smallest absolute Gasteiger partial charge is 0.257 e. The quantitative estimate of drug-likeness (QED) is 0.908. The molecule has 2 rings (SSSR count). The van der Waals surface area contributed by atoms with Gasteiger partial charge in [0.2, 0.25) is 5.56 Å². The number of aromatic amines is 1. The molecule has 1 heterocycles. The lowest BCUT2D eigenvalue weighted by atomic mass is 10.2. The van der Waals surface area contributed by atoms with Crippen molar-refractivity contribution in [3.63, 3.8) is 0 Å². The van der Waals surface area contributed by atoms with Gasteiger partial charge >= 0.3 is 0 Å². The van der Waals surface area contributed by atoms with Gasteiger partial charge in [-0.15, -0.1) is 0 Å². The van der Waals surface area contributed by atoms with Crippen molar-refractivity contribution in [3.05, 3.63) is 51.4 Å². The predicted octanol–water partition coefficient (Wildman–Crippen LogP) is 2.30. The van der Waals surface area contributed by atoms with Crippen molar-refractivity contribution in [2.24, 2.45) is 0 Å². The zero-order valence-electron chi connectivity index (χ0n) is 11.4. The summed E-state index contributed by atoms with van der Waals surface area (Å²) < 4.78 is 10.3. The molecule has 0 unspecified atom stereocenters. The number of hydrogen-bond acceptors (Lipinski definition) is 4. The Bertz CT molecular complexity index is 707.